The van der Waals surface area contributed by atoms with Crippen LogP contribution in [0.2, 0.25) is 0 Å². The van der Waals surface area contributed by atoms with Crippen molar-refractivity contribution in [3.05, 3.63) is 95.6 Å². The van der Waals surface area contributed by atoms with Gasteiger partial charge in [0, 0.05) is 52.5 Å². The predicted molar refractivity (Wildman–Crippen MR) is 296 cm³/mol. The Hall–Kier alpha value is -9.50. The Morgan fingerprint density at radius 1 is 0.580 bits per heavy atom. The Morgan fingerprint density at radius 3 is 1.64 bits per heavy atom. The number of nitrogens with one attached hydrogen (secondary N) is 5. The second-order valence-corrected chi connectivity index (χ2v) is 19.5. The van der Waals surface area contributed by atoms with E-state index in [0.29, 0.717) is 23.1 Å². The molecule has 0 aliphatic carbocycles. The highest BCUT2D eigenvalue weighted by molar-refractivity contribution is 5.98. The van der Waals surface area contributed by atoms with Gasteiger partial charge < -0.3 is 86.7 Å². The summed E-state index contributed by atoms with van der Waals surface area (Å²) in [5, 5.41) is 32.6. The smallest absolute Gasteiger partial charge is 0.245 e. The number of primary amides is 3. The second-order valence-electron chi connectivity index (χ2n) is 19.5. The lowest BCUT2D eigenvalue weighted by Gasteiger charge is -2.30. The zero-order chi connectivity index (χ0) is 59.8. The molecule has 28 heteroatoms. The van der Waals surface area contributed by atoms with Crippen molar-refractivity contribution in [2.24, 2.45) is 56.0 Å². The van der Waals surface area contributed by atoms with Crippen molar-refractivity contribution < 1.29 is 58.2 Å². The summed E-state index contributed by atoms with van der Waals surface area (Å²) in [4.78, 5) is 146. The van der Waals surface area contributed by atoms with Crippen LogP contribution in [0.15, 0.2) is 88.8 Å². The van der Waals surface area contributed by atoms with Crippen LogP contribution < -0.4 is 66.7 Å². The van der Waals surface area contributed by atoms with Gasteiger partial charge in [-0.1, -0.05) is 54.6 Å². The number of aromatic hydroxyl groups is 2. The quantitative estimate of drug-likeness (QED) is 0.0161. The highest BCUT2D eigenvalue weighted by Crippen LogP contribution is 2.21. The van der Waals surface area contributed by atoms with E-state index in [1.54, 1.807) is 54.6 Å². The van der Waals surface area contributed by atoms with E-state index < -0.39 is 121 Å². The van der Waals surface area contributed by atoms with Crippen molar-refractivity contribution in [3.8, 4) is 11.5 Å². The lowest BCUT2D eigenvalue weighted by Crippen LogP contribution is -2.60. The minimum atomic E-state index is -1.79. The highest BCUT2D eigenvalue weighted by Gasteiger charge is 2.38. The SMILES string of the molecule is CN(C(=O)Cc1ccc(O)cc1)C(Cc1ccc(O)cc1)C(=O)NC(Cc1ccccc1)C(=O)NC(CCC(N)=O)C(=O)NC(CC(N)=O)C(=O)NC(CCCN=C(N)N)C(=O)N1CCC(C(=O)NC(CCCN=C(N)N)C(N)=O)C1. The van der Waals surface area contributed by atoms with Gasteiger partial charge in [-0.15, -0.1) is 0 Å². The molecule has 7 unspecified atom stereocenters. The minimum absolute atomic E-state index is 0.0181. The van der Waals surface area contributed by atoms with Crippen LogP contribution in [0.25, 0.3) is 0 Å². The molecule has 1 aliphatic heterocycles. The molecule has 0 bridgehead atoms. The zero-order valence-electron chi connectivity index (χ0n) is 45.0. The molecule has 7 atom stereocenters. The molecule has 0 spiro atoms. The number of carbonyl (C=O) groups is 10. The van der Waals surface area contributed by atoms with E-state index in [4.69, 9.17) is 40.1 Å². The molecule has 21 N–H and O–H groups in total. The largest absolute Gasteiger partial charge is 0.508 e. The Morgan fingerprint density at radius 2 is 1.09 bits per heavy atom. The van der Waals surface area contributed by atoms with Crippen molar-refractivity contribution >= 4 is 71.0 Å². The summed E-state index contributed by atoms with van der Waals surface area (Å²) in [5.74, 6) is -9.63. The van der Waals surface area contributed by atoms with Gasteiger partial charge in [0.1, 0.15) is 47.8 Å². The van der Waals surface area contributed by atoms with Gasteiger partial charge in [-0.25, -0.2) is 0 Å². The van der Waals surface area contributed by atoms with Crippen LogP contribution in [0, 0.1) is 5.92 Å². The number of rotatable bonds is 32. The first-order chi connectivity index (χ1) is 38.4. The number of likely N-dealkylation sites (N-methyl/N-ethyl adjacent to an activating group) is 1. The number of nitrogens with two attached hydrogens (primary N) is 7. The number of guanidine groups is 2. The van der Waals surface area contributed by atoms with Gasteiger partial charge in [-0.2, -0.15) is 0 Å². The van der Waals surface area contributed by atoms with Crippen LogP contribution >= 0.6 is 0 Å². The summed E-state index contributed by atoms with van der Waals surface area (Å²) in [7, 11) is 1.41. The Kier molecular flexibility index (Phi) is 25.1. The third-order valence-corrected chi connectivity index (χ3v) is 13.1. The summed E-state index contributed by atoms with van der Waals surface area (Å²) >= 11 is 0. The number of nitrogens with zero attached hydrogens (tertiary/aromatic N) is 4. The van der Waals surface area contributed by atoms with E-state index in [1.807, 2.05) is 0 Å². The molecule has 1 fully saturated rings. The van der Waals surface area contributed by atoms with Gasteiger partial charge in [-0.05, 0) is 79.5 Å². The van der Waals surface area contributed by atoms with Crippen LogP contribution in [0.3, 0.4) is 0 Å². The molecule has 1 aliphatic rings. The number of benzene rings is 3. The lowest BCUT2D eigenvalue weighted by molar-refractivity contribution is -0.140. The molecule has 0 aromatic heterocycles. The number of hydrogen-bond donors (Lipinski definition) is 14. The van der Waals surface area contributed by atoms with Crippen molar-refractivity contribution in [3.63, 3.8) is 0 Å². The van der Waals surface area contributed by atoms with Crippen molar-refractivity contribution in [1.29, 1.82) is 0 Å². The van der Waals surface area contributed by atoms with Crippen LogP contribution in [-0.4, -0.2) is 160 Å². The molecule has 81 heavy (non-hydrogen) atoms. The van der Waals surface area contributed by atoms with Crippen LogP contribution in [0.5, 0.6) is 11.5 Å². The summed E-state index contributed by atoms with van der Waals surface area (Å²) in [6.07, 6.45) is -1.52. The molecule has 0 radical (unpaired) electrons. The van der Waals surface area contributed by atoms with E-state index in [-0.39, 0.29) is 94.5 Å². The summed E-state index contributed by atoms with van der Waals surface area (Å²) in [5.41, 5.74) is 39.9. The number of likely N-dealkylation sites (tertiary alicyclic amines) is 1. The molecular formula is C53H74N16O12. The maximum Gasteiger partial charge on any atom is 0.245 e. The molecule has 1 heterocycles. The number of phenolic OH excluding ortho intramolecular Hbond substituents is 2. The fraction of sp³-hybridized carbons (Fsp3) is 0.434. The second kappa shape index (κ2) is 31.8. The zero-order valence-corrected chi connectivity index (χ0v) is 45.0. The van der Waals surface area contributed by atoms with Gasteiger partial charge in [0.2, 0.25) is 59.1 Å². The first kappa shape index (κ1) is 64.0. The van der Waals surface area contributed by atoms with Gasteiger partial charge in [0.15, 0.2) is 11.9 Å². The summed E-state index contributed by atoms with van der Waals surface area (Å²) in [6, 6.07) is 11.7. The molecule has 3 aromatic carbocycles. The number of hydrogen-bond acceptors (Lipinski definition) is 14. The van der Waals surface area contributed by atoms with Crippen LogP contribution in [0.1, 0.15) is 68.1 Å². The minimum Gasteiger partial charge on any atom is -0.508 e. The number of aliphatic imine (C=N–C) groups is 2. The molecule has 1 saturated heterocycles. The maximum atomic E-state index is 14.5. The molecule has 3 aromatic rings. The average molecular weight is 1130 g/mol. The highest BCUT2D eigenvalue weighted by atomic mass is 16.3. The third-order valence-electron chi connectivity index (χ3n) is 13.1. The maximum absolute atomic E-state index is 14.5. The average Bonchev–Trinajstić information content (AvgIpc) is 3.95. The van der Waals surface area contributed by atoms with E-state index >= 15 is 0 Å². The Labute approximate surface area is 467 Å². The number of phenols is 2. The summed E-state index contributed by atoms with van der Waals surface area (Å²) in [6.45, 7) is 0.118. The third kappa shape index (κ3) is 22.0. The van der Waals surface area contributed by atoms with Crippen LogP contribution in [0.4, 0.5) is 0 Å². The fourth-order valence-electron chi connectivity index (χ4n) is 8.69. The van der Waals surface area contributed by atoms with Crippen molar-refractivity contribution in [2.45, 2.75) is 107 Å². The van der Waals surface area contributed by atoms with E-state index in [2.05, 4.69) is 36.6 Å². The molecule has 28 nitrogen and oxygen atoms in total. The molecular weight excluding hydrogens is 1050 g/mol. The van der Waals surface area contributed by atoms with Gasteiger partial charge >= 0.3 is 0 Å². The van der Waals surface area contributed by atoms with E-state index in [1.165, 1.54) is 41.1 Å². The Bertz CT molecular complexity index is 2740. The van der Waals surface area contributed by atoms with Gasteiger partial charge in [0.25, 0.3) is 0 Å². The molecule has 10 amide bonds. The fourth-order valence-corrected chi connectivity index (χ4v) is 8.69. The van der Waals surface area contributed by atoms with Gasteiger partial charge in [0.05, 0.1) is 18.8 Å². The first-order valence-electron chi connectivity index (χ1n) is 26.0. The standard InChI is InChI=1S/C53H74N16O12/c1-68(44(74)27-32-13-17-35(71)18-14-32)41(26-31-11-15-34(70)16-12-31)50(80)67-39(25-30-7-3-2-4-8-30)48(78)64-37(19-20-42(54)72)47(77)66-40(28-43(55)73)49(79)65-38(10-6-23-62-53(59)60)51(81)69-24-21-33(29-69)46(76)63-36(45(56)75)9-5-22-61-52(57)58/h2-4,7-8,11-18,33,36-41,70-71H,5-6,9-10,19-29H2,1H3,(H2,54,72)(H2,55,73)(H2,56,75)(H,63,76)(H,64,78)(H,65,79)(H,66,77)(H,67,80)(H4,57,58,61)(H4,59,60,62). The van der Waals surface area contributed by atoms with E-state index in [9.17, 15) is 58.2 Å². The first-order valence-corrected chi connectivity index (χ1v) is 26.0. The van der Waals surface area contributed by atoms with Crippen molar-refractivity contribution in [2.75, 3.05) is 33.2 Å². The monoisotopic (exact) mass is 1130 g/mol. The number of carbonyl (C=O) groups excluding carboxylic acids is 10. The normalized spacial score (nSPS) is 14.9. The van der Waals surface area contributed by atoms with Crippen molar-refractivity contribution in [1.82, 2.24) is 36.4 Å². The molecule has 4 rings (SSSR count). The van der Waals surface area contributed by atoms with Gasteiger partial charge in [-0.3, -0.25) is 57.9 Å². The predicted octanol–water partition coefficient (Wildman–Crippen LogP) is -4.04. The Balaban J connectivity index is 1.58. The topological polar surface area (TPSA) is 485 Å². The number of amides is 10. The molecule has 438 valence electrons. The van der Waals surface area contributed by atoms with E-state index in [0.717, 1.165) is 0 Å². The molecule has 0 saturated carbocycles. The lowest BCUT2D eigenvalue weighted by atomic mass is 10.0. The van der Waals surface area contributed by atoms with Crippen LogP contribution in [-0.2, 0) is 67.2 Å². The summed E-state index contributed by atoms with van der Waals surface area (Å²) < 4.78 is 0.